The predicted octanol–water partition coefficient (Wildman–Crippen LogP) is 0.908. The van der Waals surface area contributed by atoms with Crippen LogP contribution in [-0.2, 0) is 9.59 Å². The molecular weight excluding hydrogens is 216 g/mol. The molecule has 0 aromatic carbocycles. The monoisotopic (exact) mass is 238 g/mol. The van der Waals surface area contributed by atoms with E-state index >= 15 is 0 Å². The quantitative estimate of drug-likeness (QED) is 0.718. The van der Waals surface area contributed by atoms with E-state index in [0.717, 1.165) is 39.0 Å². The SMILES string of the molecule is CC1CN(C(C)C(=O)N2CCCC2)CCC1=O. The average molecular weight is 238 g/mol. The molecule has 0 radical (unpaired) electrons. The first kappa shape index (κ1) is 12.6. The van der Waals surface area contributed by atoms with Crippen molar-refractivity contribution in [2.24, 2.45) is 5.92 Å². The van der Waals surface area contributed by atoms with Gasteiger partial charge < -0.3 is 4.90 Å². The average Bonchev–Trinajstić information content (AvgIpc) is 2.84. The topological polar surface area (TPSA) is 40.6 Å². The number of carbonyl (C=O) groups excluding carboxylic acids is 2. The van der Waals surface area contributed by atoms with Crippen LogP contribution in [0.4, 0.5) is 0 Å². The van der Waals surface area contributed by atoms with Crippen molar-refractivity contribution >= 4 is 11.7 Å². The minimum atomic E-state index is -0.0661. The van der Waals surface area contributed by atoms with E-state index in [2.05, 4.69) is 4.90 Å². The van der Waals surface area contributed by atoms with Crippen molar-refractivity contribution in [1.82, 2.24) is 9.80 Å². The summed E-state index contributed by atoms with van der Waals surface area (Å²) in [5.41, 5.74) is 0. The van der Waals surface area contributed by atoms with Gasteiger partial charge in [-0.15, -0.1) is 0 Å². The second kappa shape index (κ2) is 5.17. The molecule has 0 aromatic rings. The summed E-state index contributed by atoms with van der Waals surface area (Å²) in [7, 11) is 0. The van der Waals surface area contributed by atoms with E-state index in [1.165, 1.54) is 0 Å². The number of likely N-dealkylation sites (tertiary alicyclic amines) is 2. The molecule has 2 unspecified atom stereocenters. The van der Waals surface area contributed by atoms with Gasteiger partial charge in [-0.25, -0.2) is 0 Å². The van der Waals surface area contributed by atoms with Gasteiger partial charge in [0.15, 0.2) is 0 Å². The number of ketones is 1. The molecule has 17 heavy (non-hydrogen) atoms. The Kier molecular flexibility index (Phi) is 3.82. The van der Waals surface area contributed by atoms with Gasteiger partial charge in [0.2, 0.25) is 5.91 Å². The van der Waals surface area contributed by atoms with Crippen LogP contribution in [0.1, 0.15) is 33.1 Å². The molecule has 0 saturated carbocycles. The summed E-state index contributed by atoms with van der Waals surface area (Å²) in [4.78, 5) is 27.8. The molecule has 0 aromatic heterocycles. The fraction of sp³-hybridized carbons (Fsp3) is 0.846. The zero-order valence-corrected chi connectivity index (χ0v) is 10.8. The first-order valence-electron chi connectivity index (χ1n) is 6.65. The fourth-order valence-electron chi connectivity index (χ4n) is 2.75. The highest BCUT2D eigenvalue weighted by Gasteiger charge is 2.32. The van der Waals surface area contributed by atoms with Gasteiger partial charge in [-0.05, 0) is 19.8 Å². The van der Waals surface area contributed by atoms with Gasteiger partial charge in [0.05, 0.1) is 6.04 Å². The third kappa shape index (κ3) is 2.68. The predicted molar refractivity (Wildman–Crippen MR) is 65.6 cm³/mol. The zero-order valence-electron chi connectivity index (χ0n) is 10.8. The Labute approximate surface area is 103 Å². The molecule has 0 spiro atoms. The van der Waals surface area contributed by atoms with E-state index in [4.69, 9.17) is 0 Å². The van der Waals surface area contributed by atoms with Gasteiger partial charge >= 0.3 is 0 Å². The Morgan fingerprint density at radius 2 is 1.94 bits per heavy atom. The summed E-state index contributed by atoms with van der Waals surface area (Å²) in [5, 5.41) is 0. The summed E-state index contributed by atoms with van der Waals surface area (Å²) in [6.07, 6.45) is 2.86. The first-order valence-corrected chi connectivity index (χ1v) is 6.65. The molecule has 2 saturated heterocycles. The lowest BCUT2D eigenvalue weighted by Gasteiger charge is -2.35. The van der Waals surface area contributed by atoms with Crippen molar-refractivity contribution in [2.75, 3.05) is 26.2 Å². The van der Waals surface area contributed by atoms with Crippen molar-refractivity contribution in [3.8, 4) is 0 Å². The van der Waals surface area contributed by atoms with Gasteiger partial charge in [0.25, 0.3) is 0 Å². The lowest BCUT2D eigenvalue weighted by molar-refractivity contribution is -0.138. The highest BCUT2D eigenvalue weighted by molar-refractivity contribution is 5.84. The summed E-state index contributed by atoms with van der Waals surface area (Å²) < 4.78 is 0. The third-order valence-corrected chi connectivity index (χ3v) is 4.03. The van der Waals surface area contributed by atoms with Crippen molar-refractivity contribution in [1.29, 1.82) is 0 Å². The molecule has 2 atom stereocenters. The Hall–Kier alpha value is -0.900. The van der Waals surface area contributed by atoms with Crippen molar-refractivity contribution in [3.05, 3.63) is 0 Å². The highest BCUT2D eigenvalue weighted by atomic mass is 16.2. The Morgan fingerprint density at radius 1 is 1.29 bits per heavy atom. The van der Waals surface area contributed by atoms with Crippen LogP contribution in [-0.4, -0.2) is 53.7 Å². The molecule has 2 heterocycles. The maximum Gasteiger partial charge on any atom is 0.239 e. The van der Waals surface area contributed by atoms with Crippen molar-refractivity contribution in [2.45, 2.75) is 39.2 Å². The largest absolute Gasteiger partial charge is 0.341 e. The van der Waals surface area contributed by atoms with Gasteiger partial charge in [0.1, 0.15) is 5.78 Å². The molecular formula is C13H22N2O2. The van der Waals surface area contributed by atoms with Crippen LogP contribution in [0.3, 0.4) is 0 Å². The zero-order chi connectivity index (χ0) is 12.4. The number of hydrogen-bond donors (Lipinski definition) is 0. The van der Waals surface area contributed by atoms with Gasteiger partial charge in [-0.1, -0.05) is 6.92 Å². The van der Waals surface area contributed by atoms with Crippen LogP contribution >= 0.6 is 0 Å². The molecule has 0 N–H and O–H groups in total. The second-order valence-corrected chi connectivity index (χ2v) is 5.32. The number of Topliss-reactive ketones (excluding diaryl/α,β-unsaturated/α-hetero) is 1. The number of nitrogens with zero attached hydrogens (tertiary/aromatic N) is 2. The van der Waals surface area contributed by atoms with Gasteiger partial charge in [-0.2, -0.15) is 0 Å². The van der Waals surface area contributed by atoms with E-state index < -0.39 is 0 Å². The molecule has 2 fully saturated rings. The third-order valence-electron chi connectivity index (χ3n) is 4.03. The Morgan fingerprint density at radius 3 is 2.53 bits per heavy atom. The van der Waals surface area contributed by atoms with Crippen LogP contribution in [0.2, 0.25) is 0 Å². The Balaban J connectivity index is 1.92. The minimum absolute atomic E-state index is 0.0661. The number of carbonyl (C=O) groups is 2. The molecule has 0 aliphatic carbocycles. The van der Waals surface area contributed by atoms with Gasteiger partial charge in [-0.3, -0.25) is 14.5 Å². The van der Waals surface area contributed by atoms with Crippen molar-refractivity contribution in [3.63, 3.8) is 0 Å². The van der Waals surface area contributed by atoms with E-state index in [0.29, 0.717) is 12.2 Å². The summed E-state index contributed by atoms with van der Waals surface area (Å²) in [6, 6.07) is -0.0661. The minimum Gasteiger partial charge on any atom is -0.341 e. The lowest BCUT2D eigenvalue weighted by atomic mass is 9.97. The van der Waals surface area contributed by atoms with E-state index in [-0.39, 0.29) is 17.9 Å². The summed E-state index contributed by atoms with van der Waals surface area (Å²) in [5.74, 6) is 0.656. The van der Waals surface area contributed by atoms with Crippen LogP contribution in [0, 0.1) is 5.92 Å². The fourth-order valence-corrected chi connectivity index (χ4v) is 2.75. The summed E-state index contributed by atoms with van der Waals surface area (Å²) >= 11 is 0. The molecule has 1 amide bonds. The molecule has 2 aliphatic rings. The van der Waals surface area contributed by atoms with Crippen LogP contribution in [0.25, 0.3) is 0 Å². The number of amides is 1. The van der Waals surface area contributed by atoms with Crippen LogP contribution < -0.4 is 0 Å². The van der Waals surface area contributed by atoms with Crippen LogP contribution in [0.5, 0.6) is 0 Å². The number of rotatable bonds is 2. The van der Waals surface area contributed by atoms with Gasteiger partial charge in [0, 0.05) is 38.5 Å². The molecule has 0 bridgehead atoms. The molecule has 4 nitrogen and oxygen atoms in total. The molecule has 2 aliphatic heterocycles. The highest BCUT2D eigenvalue weighted by Crippen LogP contribution is 2.18. The smallest absolute Gasteiger partial charge is 0.239 e. The Bertz CT molecular complexity index is 311. The maximum atomic E-state index is 12.2. The van der Waals surface area contributed by atoms with Crippen LogP contribution in [0.15, 0.2) is 0 Å². The summed E-state index contributed by atoms with van der Waals surface area (Å²) in [6.45, 7) is 7.23. The second-order valence-electron chi connectivity index (χ2n) is 5.32. The molecule has 2 rings (SSSR count). The van der Waals surface area contributed by atoms with E-state index in [1.807, 2.05) is 18.7 Å². The lowest BCUT2D eigenvalue weighted by Crippen LogP contribution is -2.51. The molecule has 96 valence electrons. The maximum absolute atomic E-state index is 12.2. The first-order chi connectivity index (χ1) is 8.09. The van der Waals surface area contributed by atoms with Crippen molar-refractivity contribution < 1.29 is 9.59 Å². The normalized spacial score (nSPS) is 28.5. The van der Waals surface area contributed by atoms with E-state index in [9.17, 15) is 9.59 Å². The number of piperidine rings is 1. The molecule has 4 heteroatoms. The standard InChI is InChI=1S/C13H22N2O2/c1-10-9-15(8-5-12(10)16)11(2)13(17)14-6-3-4-7-14/h10-11H,3-9H2,1-2H3. The number of hydrogen-bond acceptors (Lipinski definition) is 3. The van der Waals surface area contributed by atoms with E-state index in [1.54, 1.807) is 0 Å².